The number of carboxylic acid groups (broad SMARTS) is 2. The molecule has 6 nitrogen and oxygen atoms in total. The van der Waals surface area contributed by atoms with Crippen LogP contribution in [0.1, 0.15) is 30.7 Å². The molecule has 8 heteroatoms. The summed E-state index contributed by atoms with van der Waals surface area (Å²) in [6, 6.07) is 15.9. The molecule has 1 atom stereocenters. The van der Waals surface area contributed by atoms with E-state index in [0.29, 0.717) is 5.92 Å². The van der Waals surface area contributed by atoms with Crippen LogP contribution in [0.3, 0.4) is 0 Å². The largest absolute Gasteiger partial charge is 0.480 e. The zero-order valence-electron chi connectivity index (χ0n) is 20.7. The molecular weight excluding hydrogens is 516 g/mol. The maximum Gasteiger partial charge on any atom is 0.370 e. The molecule has 0 fully saturated rings. The molecule has 2 N–H and O–H groups in total. The lowest BCUT2D eigenvalue weighted by Gasteiger charge is -2.28. The van der Waals surface area contributed by atoms with Crippen LogP contribution in [0.5, 0.6) is 0 Å². The molecule has 0 saturated carbocycles. The van der Waals surface area contributed by atoms with Gasteiger partial charge in [0.15, 0.2) is 0 Å². The van der Waals surface area contributed by atoms with Crippen molar-refractivity contribution in [1.29, 1.82) is 0 Å². The molecule has 0 amide bonds. The molecule has 1 unspecified atom stereocenters. The number of carbonyl (C=O) groups is 2. The van der Waals surface area contributed by atoms with Crippen molar-refractivity contribution in [3.63, 3.8) is 0 Å². The number of nitrogens with zero attached hydrogens (tertiary/aromatic N) is 2. The number of anilines is 1. The Morgan fingerprint density at radius 2 is 1.76 bits per heavy atom. The highest BCUT2D eigenvalue weighted by Gasteiger charge is 2.29. The minimum Gasteiger partial charge on any atom is -0.480 e. The molecular formula is C30H27N2O4S2+. The Balaban J connectivity index is 1.32. The number of aromatic nitrogens is 1. The van der Waals surface area contributed by atoms with Gasteiger partial charge in [0, 0.05) is 17.0 Å². The summed E-state index contributed by atoms with van der Waals surface area (Å²) in [6.45, 7) is -0.125. The Bertz CT molecular complexity index is 1580. The third kappa shape index (κ3) is 4.93. The van der Waals surface area contributed by atoms with Crippen LogP contribution < -0.4 is 9.47 Å². The second-order valence-corrected chi connectivity index (χ2v) is 11.9. The minimum absolute atomic E-state index is 0.0627. The number of hydrogen-bond donors (Lipinski definition) is 2. The summed E-state index contributed by atoms with van der Waals surface area (Å²) >= 11 is 3.25. The van der Waals surface area contributed by atoms with Crippen molar-refractivity contribution in [1.82, 2.24) is 0 Å². The van der Waals surface area contributed by atoms with E-state index >= 15 is 0 Å². The molecule has 3 aromatic rings. The van der Waals surface area contributed by atoms with E-state index in [1.807, 2.05) is 58.0 Å². The van der Waals surface area contributed by atoms with E-state index in [4.69, 9.17) is 0 Å². The first kappa shape index (κ1) is 24.7. The average molecular weight is 544 g/mol. The highest BCUT2D eigenvalue weighted by atomic mass is 32.2. The van der Waals surface area contributed by atoms with Crippen LogP contribution in [0.4, 0.5) is 5.69 Å². The van der Waals surface area contributed by atoms with Crippen molar-refractivity contribution >= 4 is 57.0 Å². The molecule has 2 heterocycles. The van der Waals surface area contributed by atoms with E-state index in [-0.39, 0.29) is 13.1 Å². The zero-order valence-corrected chi connectivity index (χ0v) is 22.3. The lowest BCUT2D eigenvalue weighted by molar-refractivity contribution is -0.657. The summed E-state index contributed by atoms with van der Waals surface area (Å²) < 4.78 is 2.97. The van der Waals surface area contributed by atoms with E-state index in [0.717, 1.165) is 56.5 Å². The van der Waals surface area contributed by atoms with Gasteiger partial charge in [0.2, 0.25) is 12.1 Å². The highest BCUT2D eigenvalue weighted by molar-refractivity contribution is 8.03. The number of thiazole rings is 1. The number of rotatable bonds is 6. The molecule has 0 saturated heterocycles. The van der Waals surface area contributed by atoms with Gasteiger partial charge in [-0.2, -0.15) is 4.57 Å². The second kappa shape index (κ2) is 10.3. The summed E-state index contributed by atoms with van der Waals surface area (Å²) in [4.78, 5) is 26.1. The number of benzene rings is 2. The van der Waals surface area contributed by atoms with Crippen LogP contribution in [0, 0.1) is 5.92 Å². The summed E-state index contributed by atoms with van der Waals surface area (Å²) in [6.07, 6.45) is 12.9. The Kier molecular flexibility index (Phi) is 6.68. The van der Waals surface area contributed by atoms with Crippen molar-refractivity contribution in [2.24, 2.45) is 5.92 Å². The fourth-order valence-corrected chi connectivity index (χ4v) is 7.75. The molecule has 38 heavy (non-hydrogen) atoms. The first-order valence-corrected chi connectivity index (χ1v) is 14.3. The number of fused-ring (bicyclic) bond motifs is 3. The van der Waals surface area contributed by atoms with Crippen LogP contribution in [-0.2, 0) is 16.1 Å². The summed E-state index contributed by atoms with van der Waals surface area (Å²) in [5.74, 6) is -1.18. The predicted octanol–water partition coefficient (Wildman–Crippen LogP) is 6.25. The van der Waals surface area contributed by atoms with Gasteiger partial charge in [0.1, 0.15) is 11.2 Å². The van der Waals surface area contributed by atoms with Crippen LogP contribution >= 0.6 is 23.1 Å². The number of carboxylic acids is 2. The summed E-state index contributed by atoms with van der Waals surface area (Å²) in [5, 5.41) is 20.9. The Morgan fingerprint density at radius 3 is 2.61 bits per heavy atom. The van der Waals surface area contributed by atoms with Gasteiger partial charge in [0.05, 0.1) is 10.7 Å². The Hall–Kier alpha value is -3.62. The van der Waals surface area contributed by atoms with E-state index in [1.165, 1.54) is 16.7 Å². The number of thioether (sulfide) groups is 1. The molecule has 6 rings (SSSR count). The van der Waals surface area contributed by atoms with E-state index in [9.17, 15) is 19.8 Å². The lowest BCUT2D eigenvalue weighted by atomic mass is 9.77. The van der Waals surface area contributed by atoms with Crippen LogP contribution in [0.15, 0.2) is 93.4 Å². The molecule has 2 aromatic carbocycles. The molecule has 0 spiro atoms. The molecule has 192 valence electrons. The predicted molar refractivity (Wildman–Crippen MR) is 151 cm³/mol. The third-order valence-electron chi connectivity index (χ3n) is 7.22. The van der Waals surface area contributed by atoms with Gasteiger partial charge >= 0.3 is 11.9 Å². The van der Waals surface area contributed by atoms with Crippen molar-refractivity contribution < 1.29 is 24.4 Å². The van der Waals surface area contributed by atoms with Gasteiger partial charge in [-0.25, -0.2) is 4.79 Å². The fourth-order valence-electron chi connectivity index (χ4n) is 5.47. The number of aliphatic carboxylic acids is 2. The van der Waals surface area contributed by atoms with Gasteiger partial charge in [-0.15, -0.1) is 0 Å². The highest BCUT2D eigenvalue weighted by Crippen LogP contribution is 2.47. The van der Waals surface area contributed by atoms with E-state index in [1.54, 1.807) is 23.1 Å². The van der Waals surface area contributed by atoms with Gasteiger partial charge in [-0.05, 0) is 72.6 Å². The number of para-hydroxylation sites is 2. The molecule has 3 aliphatic rings. The maximum atomic E-state index is 11.6. The minimum atomic E-state index is -0.850. The molecule has 0 bridgehead atoms. The summed E-state index contributed by atoms with van der Waals surface area (Å²) in [7, 11) is 0. The molecule has 0 radical (unpaired) electrons. The van der Waals surface area contributed by atoms with E-state index < -0.39 is 11.9 Å². The van der Waals surface area contributed by atoms with Gasteiger partial charge in [-0.1, -0.05) is 59.5 Å². The van der Waals surface area contributed by atoms with Gasteiger partial charge < -0.3 is 15.1 Å². The topological polar surface area (TPSA) is 81.7 Å². The lowest BCUT2D eigenvalue weighted by Crippen LogP contribution is -2.39. The second-order valence-electron chi connectivity index (χ2n) is 9.78. The van der Waals surface area contributed by atoms with Crippen molar-refractivity contribution in [2.75, 3.05) is 11.4 Å². The quantitative estimate of drug-likeness (QED) is 0.358. The van der Waals surface area contributed by atoms with Crippen molar-refractivity contribution in [2.45, 2.75) is 37.1 Å². The average Bonchev–Trinajstić information content (AvgIpc) is 3.40. The Morgan fingerprint density at radius 1 is 0.974 bits per heavy atom. The van der Waals surface area contributed by atoms with Crippen molar-refractivity contribution in [3.8, 4) is 0 Å². The third-order valence-corrected chi connectivity index (χ3v) is 9.44. The standard InChI is InChI=1S/C30H26N2O4S2/c33-29(34)17-31-23-5-1-3-7-25(23)37-27(31)15-19-9-11-21-12-10-20(14-22(21)13-19)16-28-32(18-30(35)36)24-6-2-4-8-26(24)38-28/h1-8,13-16,21H,9-12,17-18H2,(H-,33,34,35,36)/p+1. The molecule has 1 aliphatic heterocycles. The first-order chi connectivity index (χ1) is 18.4. The SMILES string of the molecule is O=C(O)CN1C(=CC2=CC3=CC(=Cc4sc5ccccc5[n+]4CC(=O)O)CCC3CC2)Sc2ccccc21. The molecule has 2 aliphatic carbocycles. The normalized spacial score (nSPS) is 20.8. The van der Waals surface area contributed by atoms with Crippen LogP contribution in [0.25, 0.3) is 16.3 Å². The van der Waals surface area contributed by atoms with Gasteiger partial charge in [0.25, 0.3) is 5.01 Å². The van der Waals surface area contributed by atoms with Crippen molar-refractivity contribution in [3.05, 3.63) is 93.5 Å². The smallest absolute Gasteiger partial charge is 0.370 e. The number of allylic oxidation sites excluding steroid dienone is 6. The zero-order chi connectivity index (χ0) is 26.2. The first-order valence-electron chi connectivity index (χ1n) is 12.7. The Labute approximate surface area is 228 Å². The van der Waals surface area contributed by atoms with E-state index in [2.05, 4.69) is 24.3 Å². The van der Waals surface area contributed by atoms with Crippen LogP contribution in [0.2, 0.25) is 0 Å². The monoisotopic (exact) mass is 543 g/mol. The van der Waals surface area contributed by atoms with Gasteiger partial charge in [-0.3, -0.25) is 4.79 Å². The van der Waals surface area contributed by atoms with Crippen LogP contribution in [-0.4, -0.2) is 28.7 Å². The fraction of sp³-hybridized carbons (Fsp3) is 0.233. The summed E-state index contributed by atoms with van der Waals surface area (Å²) in [5.41, 5.74) is 5.61. The maximum absolute atomic E-state index is 11.6. The molecule has 1 aromatic heterocycles. The number of hydrogen-bond acceptors (Lipinski definition) is 5.